The van der Waals surface area contributed by atoms with Gasteiger partial charge < -0.3 is 5.32 Å². The van der Waals surface area contributed by atoms with E-state index < -0.39 is 0 Å². The van der Waals surface area contributed by atoms with Crippen molar-refractivity contribution in [3.8, 4) is 11.1 Å². The van der Waals surface area contributed by atoms with Gasteiger partial charge >= 0.3 is 0 Å². The molecule has 0 spiro atoms. The predicted molar refractivity (Wildman–Crippen MR) is 123 cm³/mol. The van der Waals surface area contributed by atoms with E-state index in [0.29, 0.717) is 5.02 Å². The third-order valence-electron chi connectivity index (χ3n) is 4.50. The van der Waals surface area contributed by atoms with E-state index in [-0.39, 0.29) is 11.7 Å². The van der Waals surface area contributed by atoms with Crippen molar-refractivity contribution >= 4 is 56.5 Å². The van der Waals surface area contributed by atoms with Crippen LogP contribution in [0.15, 0.2) is 59.2 Å². The van der Waals surface area contributed by atoms with Gasteiger partial charge in [0.2, 0.25) is 5.91 Å². The van der Waals surface area contributed by atoms with Gasteiger partial charge in [-0.15, -0.1) is 11.3 Å². The molecule has 1 amide bonds. The Balaban J connectivity index is 1.56. The SMILES string of the molecule is Cc1ccc(C)c(NC(=O)CSc2ncnc3scc(-c4ccc(Cl)cc4)c23)c1. The lowest BCUT2D eigenvalue weighted by Gasteiger charge is -2.09. The molecule has 0 unspecified atom stereocenters. The van der Waals surface area contributed by atoms with Crippen LogP contribution in [0.3, 0.4) is 0 Å². The number of halogens is 1. The maximum absolute atomic E-state index is 12.5. The van der Waals surface area contributed by atoms with Crippen LogP contribution in [0, 0.1) is 13.8 Å². The molecular weight excluding hydrogens is 422 g/mol. The van der Waals surface area contributed by atoms with Crippen molar-refractivity contribution in [1.29, 1.82) is 0 Å². The summed E-state index contributed by atoms with van der Waals surface area (Å²) >= 11 is 9.01. The van der Waals surface area contributed by atoms with Crippen LogP contribution in [0.5, 0.6) is 0 Å². The summed E-state index contributed by atoms with van der Waals surface area (Å²) < 4.78 is 0. The largest absolute Gasteiger partial charge is 0.325 e. The Labute approximate surface area is 182 Å². The Morgan fingerprint density at radius 1 is 1.14 bits per heavy atom. The average molecular weight is 440 g/mol. The molecule has 29 heavy (non-hydrogen) atoms. The number of hydrogen-bond acceptors (Lipinski definition) is 5. The van der Waals surface area contributed by atoms with Crippen molar-refractivity contribution < 1.29 is 4.79 Å². The summed E-state index contributed by atoms with van der Waals surface area (Å²) in [6.07, 6.45) is 1.55. The normalized spacial score (nSPS) is 11.0. The molecule has 0 saturated heterocycles. The summed E-state index contributed by atoms with van der Waals surface area (Å²) in [6, 6.07) is 13.7. The molecule has 7 heteroatoms. The summed E-state index contributed by atoms with van der Waals surface area (Å²) in [5.74, 6) is 0.216. The van der Waals surface area contributed by atoms with Gasteiger partial charge in [-0.25, -0.2) is 9.97 Å². The summed E-state index contributed by atoms with van der Waals surface area (Å²) in [4.78, 5) is 22.3. The number of carbonyl (C=O) groups is 1. The molecular formula is C22H18ClN3OS2. The van der Waals surface area contributed by atoms with Crippen LogP contribution in [0.2, 0.25) is 5.02 Å². The Bertz CT molecular complexity index is 1190. The number of thiophene rings is 1. The summed E-state index contributed by atoms with van der Waals surface area (Å²) in [5.41, 5.74) is 5.11. The Morgan fingerprint density at radius 2 is 1.93 bits per heavy atom. The number of thioether (sulfide) groups is 1. The highest BCUT2D eigenvalue weighted by molar-refractivity contribution is 8.00. The average Bonchev–Trinajstić information content (AvgIpc) is 3.14. The first-order chi connectivity index (χ1) is 14.0. The van der Waals surface area contributed by atoms with Crippen molar-refractivity contribution in [2.45, 2.75) is 18.9 Å². The van der Waals surface area contributed by atoms with Crippen molar-refractivity contribution in [3.63, 3.8) is 0 Å². The van der Waals surface area contributed by atoms with Gasteiger partial charge in [-0.2, -0.15) is 0 Å². The molecule has 0 radical (unpaired) electrons. The van der Waals surface area contributed by atoms with Gasteiger partial charge in [-0.1, -0.05) is 47.6 Å². The number of aryl methyl sites for hydroxylation is 2. The van der Waals surface area contributed by atoms with E-state index in [1.54, 1.807) is 17.7 Å². The molecule has 4 aromatic rings. The number of nitrogens with one attached hydrogen (secondary N) is 1. The third kappa shape index (κ3) is 4.45. The van der Waals surface area contributed by atoms with E-state index in [2.05, 4.69) is 20.7 Å². The minimum Gasteiger partial charge on any atom is -0.325 e. The van der Waals surface area contributed by atoms with Gasteiger partial charge in [0.25, 0.3) is 0 Å². The number of benzene rings is 2. The molecule has 2 heterocycles. The van der Waals surface area contributed by atoms with Gasteiger partial charge in [-0.05, 0) is 48.7 Å². The second kappa shape index (κ2) is 8.53. The second-order valence-electron chi connectivity index (χ2n) is 6.67. The van der Waals surface area contributed by atoms with Crippen LogP contribution < -0.4 is 5.32 Å². The van der Waals surface area contributed by atoms with E-state index in [9.17, 15) is 4.79 Å². The van der Waals surface area contributed by atoms with Gasteiger partial charge in [0, 0.05) is 21.7 Å². The zero-order chi connectivity index (χ0) is 20.4. The van der Waals surface area contributed by atoms with Crippen molar-refractivity contribution in [3.05, 3.63) is 70.3 Å². The first-order valence-corrected chi connectivity index (χ1v) is 11.2. The van der Waals surface area contributed by atoms with Gasteiger partial charge in [0.05, 0.1) is 11.1 Å². The van der Waals surface area contributed by atoms with E-state index in [4.69, 9.17) is 11.6 Å². The molecule has 0 atom stereocenters. The van der Waals surface area contributed by atoms with Crippen LogP contribution in [-0.2, 0) is 4.79 Å². The Hall–Kier alpha value is -2.41. The van der Waals surface area contributed by atoms with Crippen molar-refractivity contribution in [2.24, 2.45) is 0 Å². The molecule has 146 valence electrons. The zero-order valence-electron chi connectivity index (χ0n) is 15.9. The first-order valence-electron chi connectivity index (χ1n) is 8.99. The molecule has 0 saturated carbocycles. The van der Waals surface area contributed by atoms with Crippen molar-refractivity contribution in [1.82, 2.24) is 9.97 Å². The summed E-state index contributed by atoms with van der Waals surface area (Å²) in [6.45, 7) is 4.00. The number of carbonyl (C=O) groups excluding carboxylic acids is 1. The second-order valence-corrected chi connectivity index (χ2v) is 8.93. The Kier molecular flexibility index (Phi) is 5.85. The molecule has 0 aliphatic heterocycles. The van der Waals surface area contributed by atoms with Crippen LogP contribution in [0.25, 0.3) is 21.3 Å². The quantitative estimate of drug-likeness (QED) is 0.290. The fourth-order valence-electron chi connectivity index (χ4n) is 2.99. The number of amides is 1. The lowest BCUT2D eigenvalue weighted by molar-refractivity contribution is -0.113. The van der Waals surface area contributed by atoms with Gasteiger partial charge in [-0.3, -0.25) is 4.79 Å². The highest BCUT2D eigenvalue weighted by Crippen LogP contribution is 2.38. The maximum atomic E-state index is 12.5. The number of aromatic nitrogens is 2. The number of rotatable bonds is 5. The minimum atomic E-state index is -0.0567. The summed E-state index contributed by atoms with van der Waals surface area (Å²) in [7, 11) is 0. The minimum absolute atomic E-state index is 0.0567. The lowest BCUT2D eigenvalue weighted by atomic mass is 10.1. The molecule has 0 aliphatic carbocycles. The van der Waals surface area contributed by atoms with E-state index in [1.165, 1.54) is 11.8 Å². The molecule has 4 rings (SSSR count). The predicted octanol–water partition coefficient (Wildman–Crippen LogP) is 6.36. The fourth-order valence-corrected chi connectivity index (χ4v) is 4.91. The van der Waals surface area contributed by atoms with E-state index in [0.717, 1.165) is 43.2 Å². The van der Waals surface area contributed by atoms with Crippen molar-refractivity contribution in [2.75, 3.05) is 11.1 Å². The zero-order valence-corrected chi connectivity index (χ0v) is 18.3. The highest BCUT2D eigenvalue weighted by Gasteiger charge is 2.15. The first kappa shape index (κ1) is 19.9. The van der Waals surface area contributed by atoms with Crippen LogP contribution in [-0.4, -0.2) is 21.6 Å². The fraction of sp³-hybridized carbons (Fsp3) is 0.136. The van der Waals surface area contributed by atoms with Crippen LogP contribution >= 0.6 is 34.7 Å². The van der Waals surface area contributed by atoms with E-state index in [1.807, 2.05) is 56.3 Å². The molecule has 2 aromatic carbocycles. The summed E-state index contributed by atoms with van der Waals surface area (Å²) in [5, 5.41) is 7.55. The smallest absolute Gasteiger partial charge is 0.234 e. The molecule has 0 fully saturated rings. The molecule has 2 aromatic heterocycles. The number of hydrogen-bond donors (Lipinski definition) is 1. The molecule has 4 nitrogen and oxygen atoms in total. The van der Waals surface area contributed by atoms with E-state index >= 15 is 0 Å². The lowest BCUT2D eigenvalue weighted by Crippen LogP contribution is -2.15. The molecule has 0 aliphatic rings. The number of nitrogens with zero attached hydrogens (tertiary/aromatic N) is 2. The Morgan fingerprint density at radius 3 is 2.72 bits per heavy atom. The van der Waals surface area contributed by atoms with Gasteiger partial charge in [0.15, 0.2) is 0 Å². The maximum Gasteiger partial charge on any atom is 0.234 e. The van der Waals surface area contributed by atoms with Crippen LogP contribution in [0.1, 0.15) is 11.1 Å². The molecule has 1 N–H and O–H groups in total. The molecule has 0 bridgehead atoms. The highest BCUT2D eigenvalue weighted by atomic mass is 35.5. The monoisotopic (exact) mass is 439 g/mol. The van der Waals surface area contributed by atoms with Gasteiger partial charge in [0.1, 0.15) is 16.2 Å². The number of fused-ring (bicyclic) bond motifs is 1. The number of anilines is 1. The van der Waals surface area contributed by atoms with Crippen LogP contribution in [0.4, 0.5) is 5.69 Å². The standard InChI is InChI=1S/C22H18ClN3OS2/c1-13-3-4-14(2)18(9-13)26-19(27)11-29-22-20-17(10-28-21(20)24-12-25-22)15-5-7-16(23)8-6-15/h3-10,12H,11H2,1-2H3,(H,26,27). The topological polar surface area (TPSA) is 54.9 Å². The third-order valence-corrected chi connectivity index (χ3v) is 6.63.